The molecular weight excluding hydrogens is 315 g/mol. The zero-order chi connectivity index (χ0) is 18.3. The fourth-order valence-corrected chi connectivity index (χ4v) is 1.96. The molecule has 0 aliphatic heterocycles. The van der Waals surface area contributed by atoms with Crippen molar-refractivity contribution in [2.45, 2.75) is 64.5 Å². The highest BCUT2D eigenvalue weighted by Gasteiger charge is 2.58. The molecular formula is C17H23F5O. The van der Waals surface area contributed by atoms with Crippen LogP contribution in [0.25, 0.3) is 0 Å². The zero-order valence-corrected chi connectivity index (χ0v) is 14.2. The van der Waals surface area contributed by atoms with Gasteiger partial charge in [-0.05, 0) is 28.0 Å². The highest BCUT2D eigenvalue weighted by Crippen LogP contribution is 2.39. The number of hydrogen-bond donors (Lipinski definition) is 0. The second kappa shape index (κ2) is 5.95. The maximum absolute atomic E-state index is 13.1. The molecule has 0 aliphatic carbocycles. The molecule has 0 aliphatic rings. The highest BCUT2D eigenvalue weighted by atomic mass is 19.4. The Hall–Kier alpha value is -1.33. The van der Waals surface area contributed by atoms with Crippen LogP contribution in [0, 0.1) is 0 Å². The molecule has 1 aromatic rings. The van der Waals surface area contributed by atoms with Crippen LogP contribution in [0.4, 0.5) is 22.0 Å². The van der Waals surface area contributed by atoms with Gasteiger partial charge in [-0.15, -0.1) is 0 Å². The maximum Gasteiger partial charge on any atom is 0.456 e. The Morgan fingerprint density at radius 1 is 0.826 bits per heavy atom. The minimum absolute atomic E-state index is 0.0504. The first-order chi connectivity index (χ1) is 10.1. The van der Waals surface area contributed by atoms with Gasteiger partial charge in [-0.25, -0.2) is 0 Å². The summed E-state index contributed by atoms with van der Waals surface area (Å²) in [5, 5.41) is 0. The minimum Gasteiger partial charge on any atom is -0.487 e. The van der Waals surface area contributed by atoms with E-state index < -0.39 is 24.1 Å². The number of rotatable bonds is 3. The van der Waals surface area contributed by atoms with Gasteiger partial charge >= 0.3 is 12.1 Å². The molecule has 0 bridgehead atoms. The predicted molar refractivity (Wildman–Crippen MR) is 80.3 cm³/mol. The number of hydrogen-bond acceptors (Lipinski definition) is 1. The van der Waals surface area contributed by atoms with Gasteiger partial charge in [0.05, 0.1) is 0 Å². The molecule has 0 radical (unpaired) electrons. The van der Waals surface area contributed by atoms with Gasteiger partial charge in [0, 0.05) is 0 Å². The second-order valence-corrected chi connectivity index (χ2v) is 7.70. The lowest BCUT2D eigenvalue weighted by Gasteiger charge is -2.28. The standard InChI is InChI=1S/C17H23F5O/c1-14(2,3)11-7-8-13(12(9-11)15(4,5)6)23-10-16(18,19)17(20,21)22/h7-9H,10H2,1-6H3. The van der Waals surface area contributed by atoms with Crippen LogP contribution in [0.2, 0.25) is 0 Å². The fraction of sp³-hybridized carbons (Fsp3) is 0.647. The summed E-state index contributed by atoms with van der Waals surface area (Å²) in [6.45, 7) is 9.80. The van der Waals surface area contributed by atoms with Gasteiger partial charge < -0.3 is 4.74 Å². The van der Waals surface area contributed by atoms with Gasteiger partial charge in [-0.3, -0.25) is 0 Å². The average molecular weight is 338 g/mol. The Morgan fingerprint density at radius 3 is 1.74 bits per heavy atom. The topological polar surface area (TPSA) is 9.23 Å². The molecule has 0 atom stereocenters. The van der Waals surface area contributed by atoms with Gasteiger partial charge in [0.2, 0.25) is 0 Å². The van der Waals surface area contributed by atoms with E-state index in [0.29, 0.717) is 5.56 Å². The van der Waals surface area contributed by atoms with E-state index in [-0.39, 0.29) is 11.2 Å². The smallest absolute Gasteiger partial charge is 0.456 e. The van der Waals surface area contributed by atoms with E-state index >= 15 is 0 Å². The van der Waals surface area contributed by atoms with Crippen LogP contribution < -0.4 is 4.74 Å². The molecule has 132 valence electrons. The molecule has 0 saturated carbocycles. The van der Waals surface area contributed by atoms with Crippen LogP contribution in [0.1, 0.15) is 52.7 Å². The third-order valence-corrected chi connectivity index (χ3v) is 3.48. The summed E-state index contributed by atoms with van der Waals surface area (Å²) in [7, 11) is 0. The molecule has 0 unspecified atom stereocenters. The van der Waals surface area contributed by atoms with Crippen molar-refractivity contribution in [2.75, 3.05) is 6.61 Å². The normalized spacial score (nSPS) is 14.0. The van der Waals surface area contributed by atoms with Gasteiger partial charge in [-0.1, -0.05) is 53.7 Å². The zero-order valence-electron chi connectivity index (χ0n) is 14.2. The van der Waals surface area contributed by atoms with E-state index in [4.69, 9.17) is 4.74 Å². The number of alkyl halides is 5. The van der Waals surface area contributed by atoms with Crippen molar-refractivity contribution < 1.29 is 26.7 Å². The first-order valence-electron chi connectivity index (χ1n) is 7.28. The fourth-order valence-electron chi connectivity index (χ4n) is 1.96. The summed E-state index contributed by atoms with van der Waals surface area (Å²) >= 11 is 0. The average Bonchev–Trinajstić information content (AvgIpc) is 2.32. The molecule has 0 saturated heterocycles. The van der Waals surface area contributed by atoms with Gasteiger partial charge in [0.1, 0.15) is 5.75 Å². The number of halogens is 5. The number of benzene rings is 1. The lowest BCUT2D eigenvalue weighted by atomic mass is 9.80. The molecule has 1 aromatic carbocycles. The molecule has 0 spiro atoms. The largest absolute Gasteiger partial charge is 0.487 e. The van der Waals surface area contributed by atoms with E-state index in [1.54, 1.807) is 12.1 Å². The first kappa shape index (κ1) is 19.7. The predicted octanol–water partition coefficient (Wildman–Crippen LogP) is 5.86. The van der Waals surface area contributed by atoms with Crippen molar-refractivity contribution in [1.82, 2.24) is 0 Å². The molecule has 1 nitrogen and oxygen atoms in total. The summed E-state index contributed by atoms with van der Waals surface area (Å²) in [5.74, 6) is -4.83. The van der Waals surface area contributed by atoms with Crippen molar-refractivity contribution >= 4 is 0 Å². The Bertz CT molecular complexity index is 548. The maximum atomic E-state index is 13.1. The Morgan fingerprint density at radius 2 is 1.35 bits per heavy atom. The van der Waals surface area contributed by atoms with Crippen LogP contribution in [0.3, 0.4) is 0 Å². The molecule has 0 fully saturated rings. The minimum atomic E-state index is -5.62. The molecule has 1 rings (SSSR count). The summed E-state index contributed by atoms with van der Waals surface area (Å²) in [5.41, 5.74) is 0.929. The van der Waals surface area contributed by atoms with Crippen molar-refractivity contribution in [1.29, 1.82) is 0 Å². The van der Waals surface area contributed by atoms with Crippen LogP contribution in [0.15, 0.2) is 18.2 Å². The summed E-state index contributed by atoms with van der Waals surface area (Å²) < 4.78 is 67.8. The molecule has 6 heteroatoms. The summed E-state index contributed by atoms with van der Waals surface area (Å²) in [6.07, 6.45) is -5.62. The van der Waals surface area contributed by atoms with Crippen LogP contribution in [0.5, 0.6) is 5.75 Å². The Labute approximate surface area is 133 Å². The van der Waals surface area contributed by atoms with Crippen molar-refractivity contribution in [3.63, 3.8) is 0 Å². The molecule has 0 amide bonds. The van der Waals surface area contributed by atoms with E-state index in [0.717, 1.165) is 5.56 Å². The van der Waals surface area contributed by atoms with Gasteiger partial charge in [0.15, 0.2) is 6.61 Å². The van der Waals surface area contributed by atoms with E-state index in [2.05, 4.69) is 0 Å². The Kier molecular flexibility index (Phi) is 5.10. The van der Waals surface area contributed by atoms with Crippen molar-refractivity contribution in [3.05, 3.63) is 29.3 Å². The monoisotopic (exact) mass is 338 g/mol. The van der Waals surface area contributed by atoms with Crippen LogP contribution >= 0.6 is 0 Å². The quantitative estimate of drug-likeness (QED) is 0.627. The molecule has 0 heterocycles. The lowest BCUT2D eigenvalue weighted by molar-refractivity contribution is -0.290. The highest BCUT2D eigenvalue weighted by molar-refractivity contribution is 5.43. The SMILES string of the molecule is CC(C)(C)c1ccc(OCC(F)(F)C(F)(F)F)c(C(C)(C)C)c1. The number of ether oxygens (including phenoxy) is 1. The Balaban J connectivity index is 3.18. The second-order valence-electron chi connectivity index (χ2n) is 7.70. The van der Waals surface area contributed by atoms with E-state index in [1.807, 2.05) is 41.5 Å². The summed E-state index contributed by atoms with van der Waals surface area (Å²) in [4.78, 5) is 0. The van der Waals surface area contributed by atoms with Crippen molar-refractivity contribution in [3.8, 4) is 5.75 Å². The first-order valence-corrected chi connectivity index (χ1v) is 7.28. The van der Waals surface area contributed by atoms with Gasteiger partial charge in [-0.2, -0.15) is 22.0 Å². The van der Waals surface area contributed by atoms with Crippen LogP contribution in [-0.2, 0) is 10.8 Å². The van der Waals surface area contributed by atoms with Crippen molar-refractivity contribution in [2.24, 2.45) is 0 Å². The third-order valence-electron chi connectivity index (χ3n) is 3.48. The van der Waals surface area contributed by atoms with E-state index in [9.17, 15) is 22.0 Å². The molecule has 0 N–H and O–H groups in total. The third kappa shape index (κ3) is 4.82. The van der Waals surface area contributed by atoms with E-state index in [1.165, 1.54) is 6.07 Å². The van der Waals surface area contributed by atoms with Gasteiger partial charge in [0.25, 0.3) is 0 Å². The molecule has 23 heavy (non-hydrogen) atoms. The van der Waals surface area contributed by atoms with Crippen LogP contribution in [-0.4, -0.2) is 18.7 Å². The molecule has 0 aromatic heterocycles. The summed E-state index contributed by atoms with van der Waals surface area (Å²) in [6, 6.07) is 4.96. The lowest BCUT2D eigenvalue weighted by Crippen LogP contribution is -2.42.